The van der Waals surface area contributed by atoms with E-state index in [1.807, 2.05) is 30.3 Å². The van der Waals surface area contributed by atoms with Crippen LogP contribution in [0.15, 0.2) is 35.2 Å². The summed E-state index contributed by atoms with van der Waals surface area (Å²) in [6.07, 6.45) is 0. The average molecular weight is 330 g/mol. The van der Waals surface area contributed by atoms with Gasteiger partial charge in [-0.25, -0.2) is 4.79 Å². The van der Waals surface area contributed by atoms with Gasteiger partial charge in [0.25, 0.3) is 0 Å². The zero-order valence-corrected chi connectivity index (χ0v) is 13.9. The minimum atomic E-state index is -1.05. The Labute approximate surface area is 128 Å². The third-order valence-electron chi connectivity index (χ3n) is 2.58. The second-order valence-corrected chi connectivity index (χ2v) is 8.75. The van der Waals surface area contributed by atoms with Gasteiger partial charge < -0.3 is 13.8 Å². The molecule has 0 bridgehead atoms. The molecule has 1 aromatic rings. The van der Waals surface area contributed by atoms with Crippen molar-refractivity contribution in [3.8, 4) is 0 Å². The SMILES string of the molecule is COC(=O)C1=C(c2ccccc2)SC(P(OC)OC)S1. The van der Waals surface area contributed by atoms with Gasteiger partial charge in [0.2, 0.25) is 0 Å². The molecule has 108 valence electrons. The van der Waals surface area contributed by atoms with Crippen molar-refractivity contribution in [3.05, 3.63) is 40.8 Å². The number of rotatable bonds is 5. The summed E-state index contributed by atoms with van der Waals surface area (Å²) in [6, 6.07) is 9.81. The average Bonchev–Trinajstić information content (AvgIpc) is 2.94. The zero-order chi connectivity index (χ0) is 14.5. The lowest BCUT2D eigenvalue weighted by Gasteiger charge is -2.17. The van der Waals surface area contributed by atoms with Gasteiger partial charge in [0.1, 0.15) is 9.23 Å². The minimum Gasteiger partial charge on any atom is -0.465 e. The van der Waals surface area contributed by atoms with Gasteiger partial charge in [-0.1, -0.05) is 53.9 Å². The molecule has 4 nitrogen and oxygen atoms in total. The highest BCUT2D eigenvalue weighted by molar-refractivity contribution is 8.32. The Morgan fingerprint density at radius 3 is 2.30 bits per heavy atom. The molecule has 2 rings (SSSR count). The number of thioether (sulfide) groups is 2. The molecule has 0 amide bonds. The third kappa shape index (κ3) is 3.38. The van der Waals surface area contributed by atoms with Crippen LogP contribution in [0.3, 0.4) is 0 Å². The molecule has 1 aliphatic heterocycles. The smallest absolute Gasteiger partial charge is 0.345 e. The van der Waals surface area contributed by atoms with Crippen molar-refractivity contribution in [1.29, 1.82) is 0 Å². The van der Waals surface area contributed by atoms with E-state index in [1.54, 1.807) is 26.0 Å². The van der Waals surface area contributed by atoms with Gasteiger partial charge in [0.15, 0.2) is 8.38 Å². The maximum atomic E-state index is 12.0. The van der Waals surface area contributed by atoms with Gasteiger partial charge in [0, 0.05) is 19.1 Å². The number of carbonyl (C=O) groups excluding carboxylic acids is 1. The maximum Gasteiger partial charge on any atom is 0.345 e. The van der Waals surface area contributed by atoms with Crippen LogP contribution in [0, 0.1) is 0 Å². The van der Waals surface area contributed by atoms with E-state index >= 15 is 0 Å². The van der Waals surface area contributed by atoms with E-state index in [4.69, 9.17) is 13.8 Å². The second kappa shape index (κ2) is 7.48. The van der Waals surface area contributed by atoms with Crippen molar-refractivity contribution < 1.29 is 18.6 Å². The monoisotopic (exact) mass is 330 g/mol. The van der Waals surface area contributed by atoms with Crippen LogP contribution in [-0.4, -0.2) is 31.6 Å². The molecule has 1 heterocycles. The Bertz CT molecular complexity index is 502. The van der Waals surface area contributed by atoms with Crippen LogP contribution >= 0.6 is 31.9 Å². The highest BCUT2D eigenvalue weighted by atomic mass is 32.2. The molecular weight excluding hydrogens is 315 g/mol. The quantitative estimate of drug-likeness (QED) is 0.603. The molecule has 0 aliphatic carbocycles. The third-order valence-corrected chi connectivity index (χ3v) is 7.70. The fraction of sp³-hybridized carbons (Fsp3) is 0.308. The first-order valence-electron chi connectivity index (χ1n) is 5.80. The van der Waals surface area contributed by atoms with Gasteiger partial charge in [-0.15, -0.1) is 0 Å². The number of ether oxygens (including phenoxy) is 1. The fourth-order valence-electron chi connectivity index (χ4n) is 1.69. The van der Waals surface area contributed by atoms with Crippen molar-refractivity contribution in [2.45, 2.75) is 4.32 Å². The summed E-state index contributed by atoms with van der Waals surface area (Å²) < 4.78 is 15.6. The number of carbonyl (C=O) groups is 1. The van der Waals surface area contributed by atoms with Gasteiger partial charge in [-0.05, 0) is 5.56 Å². The van der Waals surface area contributed by atoms with Gasteiger partial charge in [0.05, 0.1) is 7.11 Å². The van der Waals surface area contributed by atoms with E-state index < -0.39 is 8.38 Å². The Morgan fingerprint density at radius 1 is 1.10 bits per heavy atom. The second-order valence-electron chi connectivity index (χ2n) is 3.71. The molecular formula is C13H15O4PS2. The predicted octanol–water partition coefficient (Wildman–Crippen LogP) is 3.90. The summed E-state index contributed by atoms with van der Waals surface area (Å²) in [5.74, 6) is -0.314. The molecule has 20 heavy (non-hydrogen) atoms. The number of hydrogen-bond donors (Lipinski definition) is 0. The van der Waals surface area contributed by atoms with Crippen molar-refractivity contribution in [3.63, 3.8) is 0 Å². The predicted molar refractivity (Wildman–Crippen MR) is 85.3 cm³/mol. The number of methoxy groups -OCH3 is 1. The van der Waals surface area contributed by atoms with Crippen LogP contribution in [0.5, 0.6) is 0 Å². The molecule has 0 N–H and O–H groups in total. The van der Waals surface area contributed by atoms with Gasteiger partial charge in [-0.2, -0.15) is 0 Å². The molecule has 0 spiro atoms. The molecule has 0 fully saturated rings. The fourth-order valence-corrected chi connectivity index (χ4v) is 6.86. The van der Waals surface area contributed by atoms with Crippen molar-refractivity contribution >= 4 is 42.8 Å². The Morgan fingerprint density at radius 2 is 1.75 bits per heavy atom. The molecule has 0 aromatic heterocycles. The normalized spacial score (nSPS) is 18.7. The van der Waals surface area contributed by atoms with Crippen LogP contribution < -0.4 is 0 Å². The Hall–Kier alpha value is -0.520. The van der Waals surface area contributed by atoms with E-state index in [9.17, 15) is 4.79 Å². The van der Waals surface area contributed by atoms with E-state index in [0.29, 0.717) is 4.91 Å². The van der Waals surface area contributed by atoms with Crippen molar-refractivity contribution in [2.75, 3.05) is 21.3 Å². The lowest BCUT2D eigenvalue weighted by Crippen LogP contribution is -2.02. The highest BCUT2D eigenvalue weighted by Crippen LogP contribution is 2.63. The van der Waals surface area contributed by atoms with Crippen molar-refractivity contribution in [2.24, 2.45) is 0 Å². The summed E-state index contributed by atoms with van der Waals surface area (Å²) in [4.78, 5) is 13.5. The summed E-state index contributed by atoms with van der Waals surface area (Å²) in [7, 11) is 3.58. The topological polar surface area (TPSA) is 44.8 Å². The Kier molecular flexibility index (Phi) is 5.93. The van der Waals surface area contributed by atoms with Crippen LogP contribution in [0.25, 0.3) is 4.91 Å². The summed E-state index contributed by atoms with van der Waals surface area (Å²) in [5, 5.41) is 0. The molecule has 1 unspecified atom stereocenters. The minimum absolute atomic E-state index is 0.0318. The van der Waals surface area contributed by atoms with Crippen LogP contribution in [0.4, 0.5) is 0 Å². The van der Waals surface area contributed by atoms with E-state index in [0.717, 1.165) is 10.5 Å². The molecule has 1 atom stereocenters. The number of esters is 1. The Balaban J connectivity index is 2.31. The molecule has 0 saturated heterocycles. The van der Waals surface area contributed by atoms with Crippen LogP contribution in [0.2, 0.25) is 0 Å². The van der Waals surface area contributed by atoms with Crippen molar-refractivity contribution in [1.82, 2.24) is 0 Å². The standard InChI is InChI=1S/C13H15O4PS2/c1-15-12(14)11-10(9-7-5-4-6-8-9)19-13(20-11)18(16-2)17-3/h4-8,13H,1-3H3. The first-order chi connectivity index (χ1) is 9.71. The molecule has 1 aliphatic rings. The van der Waals surface area contributed by atoms with E-state index in [1.165, 1.54) is 18.9 Å². The molecule has 1 aromatic carbocycles. The summed E-state index contributed by atoms with van der Waals surface area (Å²) in [6.45, 7) is 0. The molecule has 7 heteroatoms. The molecule has 0 saturated carbocycles. The summed E-state index contributed by atoms with van der Waals surface area (Å²) in [5.41, 5.74) is 1.01. The van der Waals surface area contributed by atoms with E-state index in [-0.39, 0.29) is 10.3 Å². The summed E-state index contributed by atoms with van der Waals surface area (Å²) >= 11 is 3.04. The van der Waals surface area contributed by atoms with Crippen LogP contribution in [-0.2, 0) is 18.6 Å². The van der Waals surface area contributed by atoms with Gasteiger partial charge >= 0.3 is 5.97 Å². The van der Waals surface area contributed by atoms with Crippen LogP contribution in [0.1, 0.15) is 5.56 Å². The van der Waals surface area contributed by atoms with Gasteiger partial charge in [-0.3, -0.25) is 0 Å². The first kappa shape index (κ1) is 15.9. The lowest BCUT2D eigenvalue weighted by molar-refractivity contribution is -0.135. The lowest BCUT2D eigenvalue weighted by atomic mass is 10.2. The zero-order valence-electron chi connectivity index (χ0n) is 11.4. The highest BCUT2D eigenvalue weighted by Gasteiger charge is 2.37. The largest absolute Gasteiger partial charge is 0.465 e. The number of benzene rings is 1. The number of hydrogen-bond acceptors (Lipinski definition) is 6. The molecule has 0 radical (unpaired) electrons. The first-order valence-corrected chi connectivity index (χ1v) is 8.80. The van der Waals surface area contributed by atoms with E-state index in [2.05, 4.69) is 0 Å². The maximum absolute atomic E-state index is 12.0.